The van der Waals surface area contributed by atoms with Gasteiger partial charge >= 0.3 is 0 Å². The molecule has 60 heavy (non-hydrogen) atoms. The molecule has 4 heterocycles. The van der Waals surface area contributed by atoms with E-state index in [2.05, 4.69) is 194 Å². The average molecular weight is 763 g/mol. The Morgan fingerprint density at radius 3 is 0.850 bits per heavy atom. The molecule has 0 aliphatic carbocycles. The highest BCUT2D eigenvalue weighted by atomic mass is 14.7. The highest BCUT2D eigenvalue weighted by molar-refractivity contribution is 5.99. The van der Waals surface area contributed by atoms with E-state index < -0.39 is 0 Å². The van der Waals surface area contributed by atoms with E-state index >= 15 is 0 Å². The Balaban J connectivity index is 1.08. The van der Waals surface area contributed by atoms with Gasteiger partial charge in [0.1, 0.15) is 0 Å². The topological polar surface area (TPSA) is 51.6 Å². The third-order valence-corrected chi connectivity index (χ3v) is 11.7. The number of pyridine rings is 4. The van der Waals surface area contributed by atoms with E-state index in [1.165, 1.54) is 21.5 Å². The zero-order valence-corrected chi connectivity index (χ0v) is 32.4. The third-order valence-electron chi connectivity index (χ3n) is 11.7. The zero-order valence-electron chi connectivity index (χ0n) is 32.4. The van der Waals surface area contributed by atoms with Crippen LogP contribution in [0.5, 0.6) is 0 Å². The lowest BCUT2D eigenvalue weighted by Gasteiger charge is -2.15. The van der Waals surface area contributed by atoms with Crippen molar-refractivity contribution in [2.24, 2.45) is 0 Å². The van der Waals surface area contributed by atoms with E-state index in [-0.39, 0.29) is 0 Å². The summed E-state index contributed by atoms with van der Waals surface area (Å²) < 4.78 is 0. The van der Waals surface area contributed by atoms with Gasteiger partial charge in [0.2, 0.25) is 0 Å². The second-order valence-corrected chi connectivity index (χ2v) is 15.6. The van der Waals surface area contributed by atoms with Gasteiger partial charge in [-0.1, -0.05) is 109 Å². The highest BCUT2D eigenvalue weighted by Gasteiger charge is 2.15. The van der Waals surface area contributed by atoms with Crippen LogP contribution in [-0.2, 0) is 0 Å². The maximum Gasteiger partial charge on any atom is 0.0715 e. The van der Waals surface area contributed by atoms with Crippen LogP contribution < -0.4 is 0 Å². The Morgan fingerprint density at radius 2 is 0.467 bits per heavy atom. The lowest BCUT2D eigenvalue weighted by atomic mass is 9.92. The number of hydrogen-bond acceptors (Lipinski definition) is 4. The number of hydrogen-bond donors (Lipinski definition) is 0. The number of rotatable bonds is 5. The van der Waals surface area contributed by atoms with Crippen molar-refractivity contribution in [2.45, 2.75) is 0 Å². The van der Waals surface area contributed by atoms with Crippen molar-refractivity contribution in [3.63, 3.8) is 0 Å². The van der Waals surface area contributed by atoms with Crippen LogP contribution in [0.1, 0.15) is 0 Å². The maximum absolute atomic E-state index is 5.30. The van der Waals surface area contributed by atoms with Gasteiger partial charge in [0, 0.05) is 43.8 Å². The molecule has 4 nitrogen and oxygen atoms in total. The van der Waals surface area contributed by atoms with Crippen LogP contribution in [0.3, 0.4) is 0 Å². The fourth-order valence-electron chi connectivity index (χ4n) is 8.58. The van der Waals surface area contributed by atoms with E-state index in [0.717, 1.165) is 99.8 Å². The summed E-state index contributed by atoms with van der Waals surface area (Å²) in [7, 11) is 0. The summed E-state index contributed by atoms with van der Waals surface area (Å²) in [5.74, 6) is 0. The number of aromatic nitrogens is 4. The first kappa shape index (κ1) is 34.0. The molecule has 8 aromatic carbocycles. The van der Waals surface area contributed by atoms with E-state index in [9.17, 15) is 0 Å². The van der Waals surface area contributed by atoms with Gasteiger partial charge in [-0.05, 0) is 130 Å². The first-order valence-electron chi connectivity index (χ1n) is 20.3. The first-order chi connectivity index (χ1) is 29.6. The number of fused-ring (bicyclic) bond motifs is 6. The molecule has 0 aliphatic rings. The zero-order chi connectivity index (χ0) is 39.6. The Labute approximate surface area is 346 Å². The standard InChI is InChI=1S/C56H34N4/c1-3-13-39-33-55-41(25-37(39)11-1)19-23-53(59-55)47-29-44(30-48(32-47)54-24-20-42-26-38-12-2-4-14-40(38)34-56(42)60-54)43-27-45(51-21-17-35-9-5-7-15-49(35)57-51)31-46(28-43)52-22-18-36-10-6-8-16-50(36)58-52/h1-34H. The third kappa shape index (κ3) is 6.10. The molecule has 0 fully saturated rings. The molecule has 12 aromatic rings. The predicted octanol–water partition coefficient (Wildman–Crippen LogP) is 14.5. The Kier molecular flexibility index (Phi) is 7.82. The molecule has 0 atom stereocenters. The average Bonchev–Trinajstić information content (AvgIpc) is 3.31. The monoisotopic (exact) mass is 762 g/mol. The van der Waals surface area contributed by atoms with Crippen molar-refractivity contribution in [1.29, 1.82) is 0 Å². The van der Waals surface area contributed by atoms with Crippen molar-refractivity contribution in [3.05, 3.63) is 206 Å². The van der Waals surface area contributed by atoms with Gasteiger partial charge in [-0.2, -0.15) is 0 Å². The van der Waals surface area contributed by atoms with Crippen LogP contribution in [0, 0.1) is 0 Å². The summed E-state index contributed by atoms with van der Waals surface area (Å²) in [6.45, 7) is 0. The fraction of sp³-hybridized carbons (Fsp3) is 0. The lowest BCUT2D eigenvalue weighted by molar-refractivity contribution is 1.37. The molecule has 0 amide bonds. The number of benzene rings is 8. The van der Waals surface area contributed by atoms with Gasteiger partial charge in [0.15, 0.2) is 0 Å². The Bertz CT molecular complexity index is 3450. The maximum atomic E-state index is 5.30. The smallest absolute Gasteiger partial charge is 0.0715 e. The Morgan fingerprint density at radius 1 is 0.183 bits per heavy atom. The molecule has 0 aliphatic heterocycles. The molecule has 0 saturated carbocycles. The molecular formula is C56H34N4. The van der Waals surface area contributed by atoms with E-state index in [0.29, 0.717) is 0 Å². The molecule has 0 radical (unpaired) electrons. The molecule has 278 valence electrons. The fourth-order valence-corrected chi connectivity index (χ4v) is 8.58. The van der Waals surface area contributed by atoms with Crippen molar-refractivity contribution in [2.75, 3.05) is 0 Å². The molecule has 0 spiro atoms. The number of nitrogens with zero attached hydrogens (tertiary/aromatic N) is 4. The van der Waals surface area contributed by atoms with Crippen LogP contribution in [0.4, 0.5) is 0 Å². The summed E-state index contributed by atoms with van der Waals surface area (Å²) >= 11 is 0. The van der Waals surface area contributed by atoms with Crippen LogP contribution in [0.15, 0.2) is 206 Å². The van der Waals surface area contributed by atoms with E-state index in [1.54, 1.807) is 0 Å². The van der Waals surface area contributed by atoms with Gasteiger partial charge in [0.05, 0.1) is 44.8 Å². The van der Waals surface area contributed by atoms with Gasteiger partial charge in [-0.3, -0.25) is 0 Å². The molecule has 0 unspecified atom stereocenters. The number of para-hydroxylation sites is 2. The van der Waals surface area contributed by atoms with Gasteiger partial charge in [-0.25, -0.2) is 19.9 Å². The minimum Gasteiger partial charge on any atom is -0.248 e. The SMILES string of the molecule is c1ccc2cc3nc(-c4cc(-c5cc(-c6ccc7ccccc7n6)cc(-c6ccc7ccccc7n6)c5)cc(-c5ccc6cc7ccccc7cc6n5)c4)ccc3cc2c1. The molecule has 4 heteroatoms. The summed E-state index contributed by atoms with van der Waals surface area (Å²) in [6.07, 6.45) is 0. The van der Waals surface area contributed by atoms with Crippen molar-refractivity contribution >= 4 is 65.2 Å². The van der Waals surface area contributed by atoms with Crippen LogP contribution in [-0.4, -0.2) is 19.9 Å². The molecule has 4 aromatic heterocycles. The van der Waals surface area contributed by atoms with Gasteiger partial charge < -0.3 is 0 Å². The van der Waals surface area contributed by atoms with Crippen LogP contribution in [0.2, 0.25) is 0 Å². The molecule has 0 bridgehead atoms. The summed E-state index contributed by atoms with van der Waals surface area (Å²) in [5.41, 5.74) is 13.6. The van der Waals surface area contributed by atoms with Gasteiger partial charge in [0.25, 0.3) is 0 Å². The largest absolute Gasteiger partial charge is 0.248 e. The molecule has 0 saturated heterocycles. The van der Waals surface area contributed by atoms with Crippen molar-refractivity contribution < 1.29 is 0 Å². The van der Waals surface area contributed by atoms with Crippen LogP contribution in [0.25, 0.3) is 121 Å². The molecule has 0 N–H and O–H groups in total. The first-order valence-corrected chi connectivity index (χ1v) is 20.3. The Hall–Kier alpha value is -8.08. The predicted molar refractivity (Wildman–Crippen MR) is 250 cm³/mol. The highest BCUT2D eigenvalue weighted by Crippen LogP contribution is 2.38. The van der Waals surface area contributed by atoms with Crippen molar-refractivity contribution in [1.82, 2.24) is 19.9 Å². The van der Waals surface area contributed by atoms with E-state index in [1.807, 2.05) is 12.1 Å². The molecular weight excluding hydrogens is 729 g/mol. The van der Waals surface area contributed by atoms with Gasteiger partial charge in [-0.15, -0.1) is 0 Å². The minimum absolute atomic E-state index is 0.899. The lowest BCUT2D eigenvalue weighted by Crippen LogP contribution is -1.93. The second-order valence-electron chi connectivity index (χ2n) is 15.6. The summed E-state index contributed by atoms with van der Waals surface area (Å²) in [6, 6.07) is 73.0. The second kappa shape index (κ2) is 13.8. The minimum atomic E-state index is 0.899. The van der Waals surface area contributed by atoms with Crippen molar-refractivity contribution in [3.8, 4) is 56.2 Å². The van der Waals surface area contributed by atoms with Crippen LogP contribution >= 0.6 is 0 Å². The van der Waals surface area contributed by atoms with E-state index in [4.69, 9.17) is 19.9 Å². The summed E-state index contributed by atoms with van der Waals surface area (Å²) in [5, 5.41) is 9.20. The molecule has 12 rings (SSSR count). The normalized spacial score (nSPS) is 11.7. The quantitative estimate of drug-likeness (QED) is 0.164. The summed E-state index contributed by atoms with van der Waals surface area (Å²) in [4.78, 5) is 20.9.